The third-order valence-electron chi connectivity index (χ3n) is 2.84. The largest absolute Gasteiger partial charge is 0.337 e. The maximum absolute atomic E-state index is 12.2. The predicted octanol–water partition coefficient (Wildman–Crippen LogP) is 0.267. The van der Waals surface area contributed by atoms with Crippen molar-refractivity contribution in [2.24, 2.45) is 5.73 Å². The molecule has 5 nitrogen and oxygen atoms in total. The summed E-state index contributed by atoms with van der Waals surface area (Å²) in [6.45, 7) is 5.01. The molecule has 1 saturated heterocycles. The zero-order valence-electron chi connectivity index (χ0n) is 9.60. The molecule has 0 radical (unpaired) electrons. The number of aromatic nitrogens is 2. The Morgan fingerprint density at radius 1 is 1.50 bits per heavy atom. The molecule has 1 amide bonds. The van der Waals surface area contributed by atoms with Crippen molar-refractivity contribution in [1.29, 1.82) is 0 Å². The fourth-order valence-corrected chi connectivity index (χ4v) is 1.91. The molecule has 2 N–H and O–H groups in total. The van der Waals surface area contributed by atoms with Crippen LogP contribution in [0.2, 0.25) is 0 Å². The first-order chi connectivity index (χ1) is 7.58. The maximum Gasteiger partial charge on any atom is 0.255 e. The monoisotopic (exact) mass is 220 g/mol. The minimum absolute atomic E-state index is 0.0171. The SMILES string of the molecule is Cc1cc(C(=O)N2CC[C@@H](N)C2)c(C)nn1. The second-order valence-corrected chi connectivity index (χ2v) is 4.28. The number of hydrogen-bond acceptors (Lipinski definition) is 4. The molecule has 16 heavy (non-hydrogen) atoms. The Balaban J connectivity index is 2.23. The summed E-state index contributed by atoms with van der Waals surface area (Å²) in [7, 11) is 0. The molecular weight excluding hydrogens is 204 g/mol. The number of rotatable bonds is 1. The first-order valence-corrected chi connectivity index (χ1v) is 5.43. The Bertz CT molecular complexity index is 418. The molecule has 86 valence electrons. The van der Waals surface area contributed by atoms with Gasteiger partial charge in [-0.3, -0.25) is 4.79 Å². The minimum atomic E-state index is 0.0171. The van der Waals surface area contributed by atoms with Crippen molar-refractivity contribution in [2.45, 2.75) is 26.3 Å². The molecule has 1 aliphatic rings. The lowest BCUT2D eigenvalue weighted by atomic mass is 10.2. The standard InChI is InChI=1S/C11H16N4O/c1-7-5-10(8(2)14-13-7)11(16)15-4-3-9(12)6-15/h5,9H,3-4,6,12H2,1-2H3/t9-/m1/s1. The van der Waals surface area contributed by atoms with Crippen LogP contribution >= 0.6 is 0 Å². The fraction of sp³-hybridized carbons (Fsp3) is 0.545. The summed E-state index contributed by atoms with van der Waals surface area (Å²) in [6, 6.07) is 1.90. The van der Waals surface area contributed by atoms with Crippen LogP contribution in [0.3, 0.4) is 0 Å². The second kappa shape index (κ2) is 4.17. The van der Waals surface area contributed by atoms with Crippen LogP contribution in [-0.4, -0.2) is 40.1 Å². The number of nitrogens with two attached hydrogens (primary N) is 1. The summed E-state index contributed by atoms with van der Waals surface area (Å²) in [4.78, 5) is 14.0. The minimum Gasteiger partial charge on any atom is -0.337 e. The summed E-state index contributed by atoms with van der Waals surface area (Å²) in [5, 5.41) is 7.88. The highest BCUT2D eigenvalue weighted by atomic mass is 16.2. The van der Waals surface area contributed by atoms with Gasteiger partial charge in [-0.05, 0) is 26.3 Å². The van der Waals surface area contributed by atoms with E-state index in [2.05, 4.69) is 10.2 Å². The number of amides is 1. The van der Waals surface area contributed by atoms with Crippen molar-refractivity contribution in [2.75, 3.05) is 13.1 Å². The molecular formula is C11H16N4O. The van der Waals surface area contributed by atoms with Crippen LogP contribution in [-0.2, 0) is 0 Å². The number of aryl methyl sites for hydroxylation is 2. The number of carbonyl (C=O) groups excluding carboxylic acids is 1. The van der Waals surface area contributed by atoms with Gasteiger partial charge in [-0.1, -0.05) is 0 Å². The van der Waals surface area contributed by atoms with Gasteiger partial charge in [-0.2, -0.15) is 10.2 Å². The quantitative estimate of drug-likeness (QED) is 0.737. The lowest BCUT2D eigenvalue weighted by molar-refractivity contribution is 0.0789. The van der Waals surface area contributed by atoms with Crippen LogP contribution in [0.25, 0.3) is 0 Å². The third kappa shape index (κ3) is 2.04. The van der Waals surface area contributed by atoms with E-state index < -0.39 is 0 Å². The molecule has 0 aliphatic carbocycles. The zero-order valence-corrected chi connectivity index (χ0v) is 9.60. The zero-order chi connectivity index (χ0) is 11.7. The number of nitrogens with zero attached hydrogens (tertiary/aromatic N) is 3. The van der Waals surface area contributed by atoms with Gasteiger partial charge in [0.05, 0.1) is 17.0 Å². The molecule has 1 aromatic heterocycles. The molecule has 0 bridgehead atoms. The highest BCUT2D eigenvalue weighted by molar-refractivity contribution is 5.95. The Hall–Kier alpha value is -1.49. The van der Waals surface area contributed by atoms with Gasteiger partial charge in [0.15, 0.2) is 0 Å². The van der Waals surface area contributed by atoms with Gasteiger partial charge >= 0.3 is 0 Å². The lowest BCUT2D eigenvalue weighted by Crippen LogP contribution is -2.32. The van der Waals surface area contributed by atoms with E-state index >= 15 is 0 Å². The number of carbonyl (C=O) groups is 1. The van der Waals surface area contributed by atoms with Crippen molar-refractivity contribution < 1.29 is 4.79 Å². The highest BCUT2D eigenvalue weighted by Crippen LogP contribution is 2.14. The summed E-state index contributed by atoms with van der Waals surface area (Å²) in [5.74, 6) is 0.0171. The first-order valence-electron chi connectivity index (χ1n) is 5.43. The van der Waals surface area contributed by atoms with Crippen molar-refractivity contribution in [3.63, 3.8) is 0 Å². The normalized spacial score (nSPS) is 20.2. The maximum atomic E-state index is 12.2. The highest BCUT2D eigenvalue weighted by Gasteiger charge is 2.25. The lowest BCUT2D eigenvalue weighted by Gasteiger charge is -2.16. The van der Waals surface area contributed by atoms with Gasteiger partial charge in [-0.15, -0.1) is 0 Å². The van der Waals surface area contributed by atoms with Gasteiger partial charge in [0.1, 0.15) is 0 Å². The Kier molecular flexibility index (Phi) is 2.87. The smallest absolute Gasteiger partial charge is 0.255 e. The van der Waals surface area contributed by atoms with Crippen LogP contribution in [0.5, 0.6) is 0 Å². The molecule has 1 atom stereocenters. The molecule has 0 unspecified atom stereocenters. The van der Waals surface area contributed by atoms with E-state index in [0.29, 0.717) is 17.8 Å². The van der Waals surface area contributed by atoms with E-state index in [-0.39, 0.29) is 11.9 Å². The average Bonchev–Trinajstić information content (AvgIpc) is 2.67. The van der Waals surface area contributed by atoms with Crippen molar-refractivity contribution in [1.82, 2.24) is 15.1 Å². The van der Waals surface area contributed by atoms with Gasteiger partial charge in [0, 0.05) is 19.1 Å². The van der Waals surface area contributed by atoms with E-state index in [9.17, 15) is 4.79 Å². The number of hydrogen-bond donors (Lipinski definition) is 1. The van der Waals surface area contributed by atoms with E-state index in [0.717, 1.165) is 18.7 Å². The summed E-state index contributed by atoms with van der Waals surface area (Å²) < 4.78 is 0. The number of likely N-dealkylation sites (tertiary alicyclic amines) is 1. The summed E-state index contributed by atoms with van der Waals surface area (Å²) in [6.07, 6.45) is 0.877. The van der Waals surface area contributed by atoms with E-state index in [4.69, 9.17) is 5.73 Å². The van der Waals surface area contributed by atoms with Crippen LogP contribution in [0.4, 0.5) is 0 Å². The molecule has 2 heterocycles. The molecule has 1 fully saturated rings. The Morgan fingerprint density at radius 2 is 2.25 bits per heavy atom. The summed E-state index contributed by atoms with van der Waals surface area (Å²) >= 11 is 0. The average molecular weight is 220 g/mol. The Labute approximate surface area is 94.6 Å². The van der Waals surface area contributed by atoms with Crippen LogP contribution in [0, 0.1) is 13.8 Å². The van der Waals surface area contributed by atoms with E-state index in [1.807, 2.05) is 6.92 Å². The fourth-order valence-electron chi connectivity index (χ4n) is 1.91. The molecule has 0 spiro atoms. The molecule has 1 aliphatic heterocycles. The molecule has 1 aromatic rings. The topological polar surface area (TPSA) is 72.1 Å². The molecule has 2 rings (SSSR count). The van der Waals surface area contributed by atoms with Crippen molar-refractivity contribution in [3.8, 4) is 0 Å². The first kappa shape index (κ1) is 11.0. The third-order valence-corrected chi connectivity index (χ3v) is 2.84. The van der Waals surface area contributed by atoms with Crippen LogP contribution in [0.15, 0.2) is 6.07 Å². The summed E-state index contributed by atoms with van der Waals surface area (Å²) in [5.41, 5.74) is 7.87. The Morgan fingerprint density at radius 3 is 2.88 bits per heavy atom. The second-order valence-electron chi connectivity index (χ2n) is 4.28. The van der Waals surface area contributed by atoms with Gasteiger partial charge < -0.3 is 10.6 Å². The van der Waals surface area contributed by atoms with Crippen molar-refractivity contribution in [3.05, 3.63) is 23.0 Å². The molecule has 0 saturated carbocycles. The molecule has 0 aromatic carbocycles. The van der Waals surface area contributed by atoms with Gasteiger partial charge in [0.2, 0.25) is 0 Å². The molecule has 5 heteroatoms. The van der Waals surface area contributed by atoms with E-state index in [1.165, 1.54) is 0 Å². The van der Waals surface area contributed by atoms with E-state index in [1.54, 1.807) is 17.9 Å². The van der Waals surface area contributed by atoms with Gasteiger partial charge in [-0.25, -0.2) is 0 Å². The van der Waals surface area contributed by atoms with Crippen LogP contribution in [0.1, 0.15) is 28.2 Å². The van der Waals surface area contributed by atoms with Crippen LogP contribution < -0.4 is 5.73 Å². The van der Waals surface area contributed by atoms with Gasteiger partial charge in [0.25, 0.3) is 5.91 Å². The van der Waals surface area contributed by atoms with Crippen molar-refractivity contribution >= 4 is 5.91 Å². The predicted molar refractivity (Wildman–Crippen MR) is 60.0 cm³/mol.